The van der Waals surface area contributed by atoms with Gasteiger partial charge in [-0.15, -0.1) is 0 Å². The van der Waals surface area contributed by atoms with Crippen molar-refractivity contribution in [2.75, 3.05) is 6.54 Å². The first kappa shape index (κ1) is 15.7. The number of carbonyl (C=O) groups is 1. The second-order valence-electron chi connectivity index (χ2n) is 5.87. The molecule has 1 fully saturated rings. The van der Waals surface area contributed by atoms with Gasteiger partial charge in [-0.05, 0) is 43.9 Å². The number of oxazole rings is 1. The van der Waals surface area contributed by atoms with E-state index >= 15 is 0 Å². The molecule has 1 aromatic carbocycles. The third kappa shape index (κ3) is 3.27. The second kappa shape index (κ2) is 6.50. The maximum atomic E-state index is 13.0. The average molecular weight is 318 g/mol. The molecule has 1 N–H and O–H groups in total. The Labute approximate surface area is 133 Å². The minimum Gasteiger partial charge on any atom is -0.438 e. The van der Waals surface area contributed by atoms with Crippen LogP contribution in [0.3, 0.4) is 0 Å². The molecule has 0 radical (unpaired) electrons. The molecule has 0 saturated carbocycles. The Morgan fingerprint density at radius 1 is 1.43 bits per heavy atom. The number of piperidine rings is 1. The minimum absolute atomic E-state index is 0.211. The molecule has 1 aromatic heterocycles. The van der Waals surface area contributed by atoms with E-state index in [9.17, 15) is 14.3 Å². The summed E-state index contributed by atoms with van der Waals surface area (Å²) in [5, 5.41) is 10.4. The first-order valence-corrected chi connectivity index (χ1v) is 7.70. The van der Waals surface area contributed by atoms with Crippen LogP contribution in [-0.4, -0.2) is 39.6 Å². The van der Waals surface area contributed by atoms with Gasteiger partial charge < -0.3 is 14.4 Å². The van der Waals surface area contributed by atoms with Crippen molar-refractivity contribution in [3.63, 3.8) is 0 Å². The molecular weight excluding hydrogens is 299 g/mol. The van der Waals surface area contributed by atoms with Crippen molar-refractivity contribution in [3.8, 4) is 0 Å². The van der Waals surface area contributed by atoms with Crippen LogP contribution < -0.4 is 0 Å². The molecule has 2 atom stereocenters. The van der Waals surface area contributed by atoms with Crippen LogP contribution in [-0.2, 0) is 6.42 Å². The molecule has 5 nitrogen and oxygen atoms in total. The Balaban J connectivity index is 1.83. The Morgan fingerprint density at radius 2 is 2.17 bits per heavy atom. The number of aromatic nitrogens is 1. The van der Waals surface area contributed by atoms with Crippen LogP contribution in [0.15, 0.2) is 35.1 Å². The molecule has 0 spiro atoms. The highest BCUT2D eigenvalue weighted by molar-refractivity contribution is 5.92. The molecule has 2 aromatic rings. The van der Waals surface area contributed by atoms with Crippen LogP contribution in [0.1, 0.15) is 34.7 Å². The topological polar surface area (TPSA) is 66.6 Å². The first-order valence-electron chi connectivity index (χ1n) is 7.70. The van der Waals surface area contributed by atoms with Gasteiger partial charge in [-0.3, -0.25) is 4.79 Å². The fourth-order valence-corrected chi connectivity index (χ4v) is 3.03. The maximum Gasteiger partial charge on any atom is 0.291 e. The average Bonchev–Trinajstić information content (AvgIpc) is 2.97. The molecule has 122 valence electrons. The van der Waals surface area contributed by atoms with E-state index in [-0.39, 0.29) is 23.5 Å². The van der Waals surface area contributed by atoms with Gasteiger partial charge in [-0.1, -0.05) is 12.1 Å². The maximum absolute atomic E-state index is 13.0. The third-order valence-corrected chi connectivity index (χ3v) is 4.30. The number of benzene rings is 1. The Kier molecular flexibility index (Phi) is 4.43. The fourth-order valence-electron chi connectivity index (χ4n) is 3.03. The standard InChI is InChI=1S/C17H19FN2O3/c1-11-16(23-10-19-11)17(22)20-8-2-3-15(21)14(20)9-12-4-6-13(18)7-5-12/h4-7,10,14-15,21H,2-3,8-9H2,1H3/t14-,15-/m0/s1. The fraction of sp³-hybridized carbons (Fsp3) is 0.412. The summed E-state index contributed by atoms with van der Waals surface area (Å²) >= 11 is 0. The van der Waals surface area contributed by atoms with E-state index in [1.807, 2.05) is 0 Å². The summed E-state index contributed by atoms with van der Waals surface area (Å²) in [4.78, 5) is 18.3. The summed E-state index contributed by atoms with van der Waals surface area (Å²) in [6.45, 7) is 2.27. The number of aryl methyl sites for hydroxylation is 1. The lowest BCUT2D eigenvalue weighted by Crippen LogP contribution is -2.52. The highest BCUT2D eigenvalue weighted by Crippen LogP contribution is 2.24. The third-order valence-electron chi connectivity index (χ3n) is 4.30. The van der Waals surface area contributed by atoms with Crippen molar-refractivity contribution >= 4 is 5.91 Å². The van der Waals surface area contributed by atoms with E-state index in [2.05, 4.69) is 4.98 Å². The SMILES string of the molecule is Cc1ncoc1C(=O)N1CCC[C@H](O)[C@@H]1Cc1ccc(F)cc1. The predicted molar refractivity (Wildman–Crippen MR) is 81.4 cm³/mol. The van der Waals surface area contributed by atoms with Crippen LogP contribution in [0.5, 0.6) is 0 Å². The lowest BCUT2D eigenvalue weighted by atomic mass is 9.92. The van der Waals surface area contributed by atoms with E-state index in [0.717, 1.165) is 12.0 Å². The molecule has 2 heterocycles. The van der Waals surface area contributed by atoms with Gasteiger partial charge in [0.05, 0.1) is 17.8 Å². The second-order valence-corrected chi connectivity index (χ2v) is 5.87. The molecule has 0 bridgehead atoms. The van der Waals surface area contributed by atoms with E-state index in [4.69, 9.17) is 4.42 Å². The lowest BCUT2D eigenvalue weighted by Gasteiger charge is -2.38. The van der Waals surface area contributed by atoms with Crippen LogP contribution >= 0.6 is 0 Å². The summed E-state index contributed by atoms with van der Waals surface area (Å²) < 4.78 is 18.2. The van der Waals surface area contributed by atoms with Gasteiger partial charge in [0.1, 0.15) is 5.82 Å². The van der Waals surface area contributed by atoms with Crippen molar-refractivity contribution in [2.24, 2.45) is 0 Å². The molecule has 0 aliphatic carbocycles. The number of halogens is 1. The minimum atomic E-state index is -0.610. The van der Waals surface area contributed by atoms with E-state index in [1.54, 1.807) is 24.0 Å². The molecule has 3 rings (SSSR count). The van der Waals surface area contributed by atoms with Gasteiger partial charge in [0, 0.05) is 6.54 Å². The lowest BCUT2D eigenvalue weighted by molar-refractivity contribution is 0.00995. The number of aliphatic hydroxyl groups excluding tert-OH is 1. The summed E-state index contributed by atoms with van der Waals surface area (Å²) in [5.41, 5.74) is 1.42. The molecule has 0 unspecified atom stereocenters. The Morgan fingerprint density at radius 3 is 2.83 bits per heavy atom. The van der Waals surface area contributed by atoms with Gasteiger partial charge in [0.25, 0.3) is 5.91 Å². The molecule has 1 amide bonds. The van der Waals surface area contributed by atoms with Gasteiger partial charge in [-0.25, -0.2) is 9.37 Å². The van der Waals surface area contributed by atoms with Crippen molar-refractivity contribution in [1.82, 2.24) is 9.88 Å². The van der Waals surface area contributed by atoms with Crippen molar-refractivity contribution in [1.29, 1.82) is 0 Å². The van der Waals surface area contributed by atoms with Gasteiger partial charge in [-0.2, -0.15) is 0 Å². The summed E-state index contributed by atoms with van der Waals surface area (Å²) in [7, 11) is 0. The monoisotopic (exact) mass is 318 g/mol. The van der Waals surface area contributed by atoms with Crippen molar-refractivity contribution in [3.05, 3.63) is 53.5 Å². The van der Waals surface area contributed by atoms with E-state index in [1.165, 1.54) is 18.5 Å². The van der Waals surface area contributed by atoms with Crippen molar-refractivity contribution < 1.29 is 18.7 Å². The zero-order chi connectivity index (χ0) is 16.4. The predicted octanol–water partition coefficient (Wildman–Crippen LogP) is 2.33. The Bertz CT molecular complexity index is 683. The summed E-state index contributed by atoms with van der Waals surface area (Å²) in [5.74, 6) is -0.350. The number of nitrogens with zero attached hydrogens (tertiary/aromatic N) is 2. The van der Waals surface area contributed by atoms with Gasteiger partial charge >= 0.3 is 0 Å². The first-order chi connectivity index (χ1) is 11.1. The highest BCUT2D eigenvalue weighted by Gasteiger charge is 2.35. The van der Waals surface area contributed by atoms with E-state index < -0.39 is 6.10 Å². The highest BCUT2D eigenvalue weighted by atomic mass is 19.1. The molecule has 23 heavy (non-hydrogen) atoms. The van der Waals surface area contributed by atoms with E-state index in [0.29, 0.717) is 25.1 Å². The quantitative estimate of drug-likeness (QED) is 0.943. The zero-order valence-electron chi connectivity index (χ0n) is 12.9. The number of carbonyl (C=O) groups excluding carboxylic acids is 1. The molecule has 1 aliphatic rings. The van der Waals surface area contributed by atoms with Crippen LogP contribution in [0, 0.1) is 12.7 Å². The van der Waals surface area contributed by atoms with Gasteiger partial charge in [0.15, 0.2) is 6.39 Å². The zero-order valence-corrected chi connectivity index (χ0v) is 12.9. The number of amides is 1. The van der Waals surface area contributed by atoms with Crippen molar-refractivity contribution in [2.45, 2.75) is 38.3 Å². The Hall–Kier alpha value is -2.21. The molecular formula is C17H19FN2O3. The summed E-state index contributed by atoms with van der Waals surface area (Å²) in [6.07, 6.45) is 2.49. The summed E-state index contributed by atoms with van der Waals surface area (Å²) in [6, 6.07) is 5.78. The van der Waals surface area contributed by atoms with Crippen LogP contribution in [0.2, 0.25) is 0 Å². The smallest absolute Gasteiger partial charge is 0.291 e. The van der Waals surface area contributed by atoms with Gasteiger partial charge in [0.2, 0.25) is 5.76 Å². The number of rotatable bonds is 3. The number of hydrogen-bond donors (Lipinski definition) is 1. The molecule has 1 aliphatic heterocycles. The normalized spacial score (nSPS) is 21.4. The van der Waals surface area contributed by atoms with Crippen LogP contribution in [0.25, 0.3) is 0 Å². The molecule has 6 heteroatoms. The number of hydrogen-bond acceptors (Lipinski definition) is 4. The molecule has 1 saturated heterocycles. The number of likely N-dealkylation sites (tertiary alicyclic amines) is 1. The van der Waals surface area contributed by atoms with Crippen LogP contribution in [0.4, 0.5) is 4.39 Å². The largest absolute Gasteiger partial charge is 0.438 e. The number of aliphatic hydroxyl groups is 1.